The summed E-state index contributed by atoms with van der Waals surface area (Å²) in [6.45, 7) is 1.89. The van der Waals surface area contributed by atoms with Gasteiger partial charge in [0, 0.05) is 5.92 Å². The van der Waals surface area contributed by atoms with E-state index in [1.807, 2.05) is 31.2 Å². The maximum Gasteiger partial charge on any atom is 0.118 e. The van der Waals surface area contributed by atoms with E-state index in [-0.39, 0.29) is 0 Å². The summed E-state index contributed by atoms with van der Waals surface area (Å²) in [6, 6.07) is 5.63. The van der Waals surface area contributed by atoms with Gasteiger partial charge in [-0.25, -0.2) is 0 Å². The second-order valence-electron chi connectivity index (χ2n) is 3.88. The molecule has 1 atom stereocenters. The third-order valence-corrected chi connectivity index (χ3v) is 2.73. The lowest BCUT2D eigenvalue weighted by Crippen LogP contribution is -1.98. The highest BCUT2D eigenvalue weighted by Crippen LogP contribution is 2.28. The Morgan fingerprint density at radius 1 is 1.27 bits per heavy atom. The third-order valence-electron chi connectivity index (χ3n) is 2.73. The van der Waals surface area contributed by atoms with E-state index in [1.54, 1.807) is 12.1 Å². The average molecular weight is 202 g/mol. The Bertz CT molecular complexity index is 430. The number of aliphatic hydroxyl groups is 1. The van der Waals surface area contributed by atoms with Gasteiger partial charge in [0.1, 0.15) is 11.5 Å². The van der Waals surface area contributed by atoms with Crippen LogP contribution in [-0.4, -0.2) is 10.2 Å². The van der Waals surface area contributed by atoms with Crippen LogP contribution in [0.25, 0.3) is 0 Å². The maximum atomic E-state index is 9.41. The summed E-state index contributed by atoms with van der Waals surface area (Å²) in [5, 5.41) is 18.6. The number of hydrogen-bond acceptors (Lipinski definition) is 2. The molecule has 15 heavy (non-hydrogen) atoms. The molecule has 0 heterocycles. The molecule has 0 spiro atoms. The summed E-state index contributed by atoms with van der Waals surface area (Å²) in [5.41, 5.74) is 2.06. The van der Waals surface area contributed by atoms with Crippen LogP contribution in [0.3, 0.4) is 0 Å². The molecule has 2 heteroatoms. The molecule has 2 rings (SSSR count). The summed E-state index contributed by atoms with van der Waals surface area (Å²) < 4.78 is 0. The van der Waals surface area contributed by atoms with Crippen LogP contribution < -0.4 is 0 Å². The fourth-order valence-corrected chi connectivity index (χ4v) is 1.77. The predicted molar refractivity (Wildman–Crippen MR) is 60.1 cm³/mol. The van der Waals surface area contributed by atoms with E-state index in [9.17, 15) is 10.2 Å². The first kappa shape index (κ1) is 9.84. The summed E-state index contributed by atoms with van der Waals surface area (Å²) in [4.78, 5) is 0. The molecule has 2 N–H and O–H groups in total. The minimum Gasteiger partial charge on any atom is -0.508 e. The van der Waals surface area contributed by atoms with Crippen molar-refractivity contribution in [3.05, 3.63) is 53.3 Å². The van der Waals surface area contributed by atoms with Crippen molar-refractivity contribution in [3.63, 3.8) is 0 Å². The summed E-state index contributed by atoms with van der Waals surface area (Å²) in [5.74, 6) is 0.971. The fraction of sp³-hybridized carbons (Fsp3) is 0.231. The Hall–Kier alpha value is -1.70. The number of allylic oxidation sites excluding steroid dienone is 3. The molecule has 0 aliphatic heterocycles. The molecule has 0 saturated heterocycles. The van der Waals surface area contributed by atoms with Crippen molar-refractivity contribution in [1.82, 2.24) is 0 Å². The fourth-order valence-electron chi connectivity index (χ4n) is 1.77. The van der Waals surface area contributed by atoms with Crippen LogP contribution in [-0.2, 0) is 0 Å². The molecule has 0 aromatic heterocycles. The largest absolute Gasteiger partial charge is 0.508 e. The topological polar surface area (TPSA) is 40.5 Å². The first-order valence-corrected chi connectivity index (χ1v) is 5.03. The maximum absolute atomic E-state index is 9.41. The monoisotopic (exact) mass is 202 g/mol. The van der Waals surface area contributed by atoms with Crippen molar-refractivity contribution in [2.45, 2.75) is 19.3 Å². The van der Waals surface area contributed by atoms with Gasteiger partial charge >= 0.3 is 0 Å². The summed E-state index contributed by atoms with van der Waals surface area (Å²) >= 11 is 0. The Morgan fingerprint density at radius 3 is 2.67 bits per heavy atom. The highest BCUT2D eigenvalue weighted by atomic mass is 16.3. The molecule has 1 aromatic carbocycles. The molecule has 1 unspecified atom stereocenters. The van der Waals surface area contributed by atoms with E-state index in [2.05, 4.69) is 0 Å². The minimum absolute atomic E-state index is 0.306. The molecule has 1 aromatic rings. The van der Waals surface area contributed by atoms with Crippen LogP contribution in [0.4, 0.5) is 0 Å². The number of benzene rings is 1. The Morgan fingerprint density at radius 2 is 2.07 bits per heavy atom. The molecule has 0 saturated carbocycles. The van der Waals surface area contributed by atoms with Crippen molar-refractivity contribution >= 4 is 0 Å². The molecule has 0 fully saturated rings. The SMILES string of the molecule is Cc1cc(C2C=CC(O)=CC2)ccc1O. The van der Waals surface area contributed by atoms with Crippen LogP contribution in [0, 0.1) is 6.92 Å². The van der Waals surface area contributed by atoms with Gasteiger partial charge in [-0.15, -0.1) is 0 Å². The number of hydrogen-bond donors (Lipinski definition) is 2. The van der Waals surface area contributed by atoms with Gasteiger partial charge in [-0.2, -0.15) is 0 Å². The molecule has 1 aliphatic rings. The third kappa shape index (κ3) is 2.04. The molecular formula is C13H14O2. The second kappa shape index (κ2) is 3.81. The lowest BCUT2D eigenvalue weighted by atomic mass is 9.91. The molecule has 78 valence electrons. The predicted octanol–water partition coefficient (Wildman–Crippen LogP) is 3.19. The molecule has 2 nitrogen and oxygen atoms in total. The number of phenolic OH excluding ortho intramolecular Hbond substituents is 1. The van der Waals surface area contributed by atoms with Crippen molar-refractivity contribution in [2.24, 2.45) is 0 Å². The molecule has 1 aliphatic carbocycles. The smallest absolute Gasteiger partial charge is 0.118 e. The van der Waals surface area contributed by atoms with Gasteiger partial charge in [0.15, 0.2) is 0 Å². The Kier molecular flexibility index (Phi) is 2.50. The number of aryl methyl sites for hydroxylation is 1. The molecule has 0 amide bonds. The normalized spacial score (nSPS) is 20.1. The van der Waals surface area contributed by atoms with Crippen LogP contribution >= 0.6 is 0 Å². The van der Waals surface area contributed by atoms with Crippen molar-refractivity contribution < 1.29 is 10.2 Å². The Labute approximate surface area is 89.2 Å². The zero-order valence-electron chi connectivity index (χ0n) is 8.64. The van der Waals surface area contributed by atoms with E-state index in [0.29, 0.717) is 17.4 Å². The van der Waals surface area contributed by atoms with E-state index < -0.39 is 0 Å². The van der Waals surface area contributed by atoms with E-state index in [4.69, 9.17) is 0 Å². The standard InChI is InChI=1S/C13H14O2/c1-9-8-11(4-7-13(9)15)10-2-5-12(14)6-3-10/h2,4-8,10,14-15H,3H2,1H3. The van der Waals surface area contributed by atoms with Gasteiger partial charge in [0.25, 0.3) is 0 Å². The molecular weight excluding hydrogens is 188 g/mol. The van der Waals surface area contributed by atoms with Crippen molar-refractivity contribution in [2.75, 3.05) is 0 Å². The van der Waals surface area contributed by atoms with E-state index in [1.165, 1.54) is 5.56 Å². The molecule has 0 bridgehead atoms. The highest BCUT2D eigenvalue weighted by molar-refractivity contribution is 5.39. The van der Waals surface area contributed by atoms with Crippen molar-refractivity contribution in [3.8, 4) is 5.75 Å². The zero-order chi connectivity index (χ0) is 10.8. The lowest BCUT2D eigenvalue weighted by Gasteiger charge is -2.15. The number of aliphatic hydroxyl groups excluding tert-OH is 1. The molecule has 0 radical (unpaired) electrons. The first-order valence-electron chi connectivity index (χ1n) is 5.03. The van der Waals surface area contributed by atoms with Gasteiger partial charge in [-0.1, -0.05) is 18.2 Å². The van der Waals surface area contributed by atoms with Gasteiger partial charge in [0.05, 0.1) is 0 Å². The van der Waals surface area contributed by atoms with Gasteiger partial charge in [0.2, 0.25) is 0 Å². The van der Waals surface area contributed by atoms with Crippen LogP contribution in [0.1, 0.15) is 23.5 Å². The average Bonchev–Trinajstić information content (AvgIpc) is 2.23. The van der Waals surface area contributed by atoms with Gasteiger partial charge in [-0.05, 0) is 42.7 Å². The summed E-state index contributed by atoms with van der Waals surface area (Å²) in [7, 11) is 0. The van der Waals surface area contributed by atoms with E-state index >= 15 is 0 Å². The van der Waals surface area contributed by atoms with Crippen LogP contribution in [0.2, 0.25) is 0 Å². The van der Waals surface area contributed by atoms with Crippen LogP contribution in [0.5, 0.6) is 5.75 Å². The quantitative estimate of drug-likeness (QED) is 0.734. The van der Waals surface area contributed by atoms with E-state index in [0.717, 1.165) is 12.0 Å². The van der Waals surface area contributed by atoms with Gasteiger partial charge < -0.3 is 10.2 Å². The van der Waals surface area contributed by atoms with Gasteiger partial charge in [-0.3, -0.25) is 0 Å². The summed E-state index contributed by atoms with van der Waals surface area (Å²) in [6.07, 6.45) is 6.33. The van der Waals surface area contributed by atoms with Crippen molar-refractivity contribution in [1.29, 1.82) is 0 Å². The minimum atomic E-state index is 0.306. The first-order chi connectivity index (χ1) is 7.16. The number of phenols is 1. The highest BCUT2D eigenvalue weighted by Gasteiger charge is 2.11. The second-order valence-corrected chi connectivity index (χ2v) is 3.88. The number of aromatic hydroxyl groups is 1. The Balaban J connectivity index is 2.25. The number of rotatable bonds is 1. The van der Waals surface area contributed by atoms with Crippen LogP contribution in [0.15, 0.2) is 42.2 Å². The zero-order valence-corrected chi connectivity index (χ0v) is 8.64. The lowest BCUT2D eigenvalue weighted by molar-refractivity contribution is 0.425.